The van der Waals surface area contributed by atoms with Crippen LogP contribution in [0.5, 0.6) is 5.88 Å². The van der Waals surface area contributed by atoms with Gasteiger partial charge >= 0.3 is 0 Å². The summed E-state index contributed by atoms with van der Waals surface area (Å²) in [5, 5.41) is 6.38. The van der Waals surface area contributed by atoms with E-state index in [-0.39, 0.29) is 11.6 Å². The molecule has 3 rings (SSSR count). The van der Waals surface area contributed by atoms with Crippen molar-refractivity contribution in [2.45, 2.75) is 13.8 Å². The summed E-state index contributed by atoms with van der Waals surface area (Å²) in [5.74, 6) is 2.25. The first kappa shape index (κ1) is 17.2. The molecule has 0 unspecified atom stereocenters. The molecule has 134 valence electrons. The van der Waals surface area contributed by atoms with Crippen LogP contribution in [0.25, 0.3) is 0 Å². The number of hydrogen-bond acceptors (Lipinski definition) is 8. The third kappa shape index (κ3) is 4.66. The average Bonchev–Trinajstić information content (AvgIpc) is 3.05. The third-order valence-electron chi connectivity index (χ3n) is 3.63. The molecule has 1 aliphatic heterocycles. The summed E-state index contributed by atoms with van der Waals surface area (Å²) in [7, 11) is 0. The van der Waals surface area contributed by atoms with Crippen molar-refractivity contribution in [3.8, 4) is 5.88 Å². The van der Waals surface area contributed by atoms with Crippen LogP contribution in [0.15, 0.2) is 16.7 Å². The minimum atomic E-state index is -0.298. The SMILES string of the molecule is Cc1nc(OCCNC(=O)c2cc(C)on2)cc(N2CCOCC2)n1. The Bertz CT molecular complexity index is 727. The summed E-state index contributed by atoms with van der Waals surface area (Å²) in [4.78, 5) is 22.7. The highest BCUT2D eigenvalue weighted by atomic mass is 16.5. The van der Waals surface area contributed by atoms with Gasteiger partial charge in [0.15, 0.2) is 5.69 Å². The maximum absolute atomic E-state index is 11.9. The lowest BCUT2D eigenvalue weighted by molar-refractivity contribution is 0.0937. The van der Waals surface area contributed by atoms with Gasteiger partial charge in [-0.15, -0.1) is 0 Å². The minimum absolute atomic E-state index is 0.255. The zero-order valence-corrected chi connectivity index (χ0v) is 14.3. The molecule has 25 heavy (non-hydrogen) atoms. The maximum Gasteiger partial charge on any atom is 0.273 e. The van der Waals surface area contributed by atoms with Crippen LogP contribution < -0.4 is 15.0 Å². The number of carbonyl (C=O) groups is 1. The zero-order valence-electron chi connectivity index (χ0n) is 14.3. The predicted octanol–water partition coefficient (Wildman–Crippen LogP) is 0.727. The number of aromatic nitrogens is 3. The number of carbonyl (C=O) groups excluding carboxylic acids is 1. The van der Waals surface area contributed by atoms with Crippen molar-refractivity contribution in [2.24, 2.45) is 0 Å². The van der Waals surface area contributed by atoms with Crippen molar-refractivity contribution in [1.29, 1.82) is 0 Å². The molecule has 1 fully saturated rings. The number of nitrogens with zero attached hydrogens (tertiary/aromatic N) is 4. The monoisotopic (exact) mass is 347 g/mol. The molecule has 0 aromatic carbocycles. The van der Waals surface area contributed by atoms with Gasteiger partial charge in [-0.1, -0.05) is 5.16 Å². The molecule has 1 aliphatic rings. The van der Waals surface area contributed by atoms with Gasteiger partial charge in [0.05, 0.1) is 19.8 Å². The second kappa shape index (κ2) is 7.93. The normalized spacial score (nSPS) is 14.4. The van der Waals surface area contributed by atoms with Gasteiger partial charge < -0.3 is 24.2 Å². The molecule has 1 N–H and O–H groups in total. The number of anilines is 1. The van der Waals surface area contributed by atoms with Crippen LogP contribution in [-0.4, -0.2) is 60.5 Å². The first-order chi connectivity index (χ1) is 12.1. The van der Waals surface area contributed by atoms with Crippen molar-refractivity contribution >= 4 is 11.7 Å². The minimum Gasteiger partial charge on any atom is -0.476 e. The Balaban J connectivity index is 1.51. The molecule has 0 atom stereocenters. The number of aryl methyl sites for hydroxylation is 2. The van der Waals surface area contributed by atoms with Gasteiger partial charge in [0, 0.05) is 25.2 Å². The van der Waals surface area contributed by atoms with E-state index in [1.807, 2.05) is 6.92 Å². The van der Waals surface area contributed by atoms with Crippen molar-refractivity contribution < 1.29 is 18.8 Å². The van der Waals surface area contributed by atoms with Crippen LogP contribution in [-0.2, 0) is 4.74 Å². The highest BCUT2D eigenvalue weighted by Gasteiger charge is 2.15. The Morgan fingerprint density at radius 2 is 2.08 bits per heavy atom. The fourth-order valence-electron chi connectivity index (χ4n) is 2.44. The number of nitrogens with one attached hydrogen (secondary N) is 1. The van der Waals surface area contributed by atoms with E-state index >= 15 is 0 Å². The first-order valence-electron chi connectivity index (χ1n) is 8.14. The first-order valence-corrected chi connectivity index (χ1v) is 8.14. The molecule has 2 aromatic rings. The van der Waals surface area contributed by atoms with Gasteiger partial charge in [0.25, 0.3) is 5.91 Å². The van der Waals surface area contributed by atoms with Gasteiger partial charge in [-0.2, -0.15) is 4.98 Å². The van der Waals surface area contributed by atoms with Crippen LogP contribution in [0.3, 0.4) is 0 Å². The Morgan fingerprint density at radius 1 is 1.28 bits per heavy atom. The van der Waals surface area contributed by atoms with Crippen molar-refractivity contribution in [2.75, 3.05) is 44.4 Å². The molecular weight excluding hydrogens is 326 g/mol. The van der Waals surface area contributed by atoms with Gasteiger partial charge in [-0.3, -0.25) is 4.79 Å². The predicted molar refractivity (Wildman–Crippen MR) is 88.9 cm³/mol. The molecule has 9 nitrogen and oxygen atoms in total. The molecular formula is C16H21N5O4. The van der Waals surface area contributed by atoms with Crippen molar-refractivity contribution in [3.05, 3.63) is 29.4 Å². The molecule has 0 saturated carbocycles. The third-order valence-corrected chi connectivity index (χ3v) is 3.63. The topological polar surface area (TPSA) is 103 Å². The standard InChI is InChI=1S/C16H21N5O4/c1-11-9-13(20-25-11)16(22)17-3-6-24-15-10-14(18-12(2)19-15)21-4-7-23-8-5-21/h9-10H,3-8H2,1-2H3,(H,17,22). The van der Waals surface area contributed by atoms with E-state index in [0.717, 1.165) is 18.9 Å². The van der Waals surface area contributed by atoms with Crippen LogP contribution in [0.4, 0.5) is 5.82 Å². The highest BCUT2D eigenvalue weighted by molar-refractivity contribution is 5.92. The molecule has 9 heteroatoms. The van der Waals surface area contributed by atoms with Crippen LogP contribution >= 0.6 is 0 Å². The van der Waals surface area contributed by atoms with Gasteiger partial charge in [-0.05, 0) is 13.8 Å². The van der Waals surface area contributed by atoms with Crippen LogP contribution in [0.1, 0.15) is 22.1 Å². The fourth-order valence-corrected chi connectivity index (χ4v) is 2.44. The molecule has 2 aromatic heterocycles. The second-order valence-electron chi connectivity index (χ2n) is 5.64. The molecule has 0 spiro atoms. The molecule has 1 amide bonds. The average molecular weight is 347 g/mol. The zero-order chi connectivity index (χ0) is 17.6. The number of amides is 1. The molecule has 0 aliphatic carbocycles. The number of rotatable bonds is 6. The van der Waals surface area contributed by atoms with E-state index in [1.54, 1.807) is 19.1 Å². The summed E-state index contributed by atoms with van der Waals surface area (Å²) in [6.45, 7) is 7.15. The van der Waals surface area contributed by atoms with Gasteiger partial charge in [0.1, 0.15) is 24.0 Å². The Kier molecular flexibility index (Phi) is 5.44. The van der Waals surface area contributed by atoms with Crippen molar-refractivity contribution in [1.82, 2.24) is 20.4 Å². The second-order valence-corrected chi connectivity index (χ2v) is 5.64. The number of ether oxygens (including phenoxy) is 2. The number of hydrogen-bond donors (Lipinski definition) is 1. The molecule has 3 heterocycles. The summed E-state index contributed by atoms with van der Waals surface area (Å²) >= 11 is 0. The lowest BCUT2D eigenvalue weighted by Crippen LogP contribution is -2.37. The van der Waals surface area contributed by atoms with E-state index in [9.17, 15) is 4.79 Å². The highest BCUT2D eigenvalue weighted by Crippen LogP contribution is 2.18. The maximum atomic E-state index is 11.9. The molecule has 0 bridgehead atoms. The summed E-state index contributed by atoms with van der Waals surface area (Å²) in [5.41, 5.74) is 0.255. The van der Waals surface area contributed by atoms with Gasteiger partial charge in [0.2, 0.25) is 5.88 Å². The Morgan fingerprint density at radius 3 is 2.80 bits per heavy atom. The van der Waals surface area contributed by atoms with Crippen LogP contribution in [0, 0.1) is 13.8 Å². The van der Waals surface area contributed by atoms with E-state index in [4.69, 9.17) is 14.0 Å². The summed E-state index contributed by atoms with van der Waals surface area (Å²) in [6.07, 6.45) is 0. The number of morpholine rings is 1. The van der Waals surface area contributed by atoms with Gasteiger partial charge in [-0.25, -0.2) is 4.98 Å². The largest absolute Gasteiger partial charge is 0.476 e. The van der Waals surface area contributed by atoms with E-state index in [2.05, 4.69) is 25.3 Å². The fraction of sp³-hybridized carbons (Fsp3) is 0.500. The smallest absolute Gasteiger partial charge is 0.273 e. The van der Waals surface area contributed by atoms with Crippen LogP contribution in [0.2, 0.25) is 0 Å². The Labute approximate surface area is 145 Å². The van der Waals surface area contributed by atoms with Crippen molar-refractivity contribution in [3.63, 3.8) is 0 Å². The lowest BCUT2D eigenvalue weighted by atomic mass is 10.3. The van der Waals surface area contributed by atoms with E-state index in [1.165, 1.54) is 0 Å². The Hall–Kier alpha value is -2.68. The lowest BCUT2D eigenvalue weighted by Gasteiger charge is -2.28. The van der Waals surface area contributed by atoms with E-state index < -0.39 is 0 Å². The molecule has 1 saturated heterocycles. The molecule has 0 radical (unpaired) electrons. The summed E-state index contributed by atoms with van der Waals surface area (Å²) < 4.78 is 15.9. The van der Waals surface area contributed by atoms with E-state index in [0.29, 0.717) is 43.8 Å². The summed E-state index contributed by atoms with van der Waals surface area (Å²) in [6, 6.07) is 3.39. The quantitative estimate of drug-likeness (QED) is 0.763.